The molecule has 0 fully saturated rings. The van der Waals surface area contributed by atoms with Crippen molar-refractivity contribution in [3.05, 3.63) is 58.7 Å². The van der Waals surface area contributed by atoms with E-state index >= 15 is 0 Å². The lowest BCUT2D eigenvalue weighted by Gasteiger charge is -2.32. The molecule has 0 saturated carbocycles. The van der Waals surface area contributed by atoms with E-state index in [0.29, 0.717) is 6.42 Å². The monoisotopic (exact) mass is 287 g/mol. The molecule has 0 saturated heterocycles. The molecule has 0 N–H and O–H groups in total. The summed E-state index contributed by atoms with van der Waals surface area (Å²) in [6.45, 7) is 5.74. The van der Waals surface area contributed by atoms with Gasteiger partial charge < -0.3 is 0 Å². The first-order chi connectivity index (χ1) is 11.1. The van der Waals surface area contributed by atoms with Gasteiger partial charge in [0, 0.05) is 4.11 Å². The summed E-state index contributed by atoms with van der Waals surface area (Å²) in [5, 5.41) is 0. The van der Waals surface area contributed by atoms with Crippen LogP contribution < -0.4 is 0 Å². The van der Waals surface area contributed by atoms with Crippen molar-refractivity contribution in [1.29, 1.82) is 0 Å². The lowest BCUT2D eigenvalue weighted by Crippen LogP contribution is -2.19. The van der Waals surface area contributed by atoms with Crippen LogP contribution in [0.5, 0.6) is 0 Å². The van der Waals surface area contributed by atoms with Crippen molar-refractivity contribution in [3.63, 3.8) is 0 Å². The van der Waals surface area contributed by atoms with Crippen LogP contribution >= 0.6 is 0 Å². The van der Waals surface area contributed by atoms with Crippen LogP contribution in [0.4, 0.5) is 0 Å². The first-order valence-electron chi connectivity index (χ1n) is 8.97. The van der Waals surface area contributed by atoms with E-state index in [1.807, 2.05) is 58.1 Å². The average Bonchev–Trinajstić information content (AvgIpc) is 2.46. The Morgan fingerprint density at radius 2 is 1.95 bits per heavy atom. The smallest absolute Gasteiger partial charge is 0.143 e. The van der Waals surface area contributed by atoms with Crippen LogP contribution in [0.3, 0.4) is 0 Å². The maximum atomic E-state index is 10.4. The minimum atomic E-state index is -2.00. The summed E-state index contributed by atoms with van der Waals surface area (Å²) in [5.74, 6) is 0. The molecule has 0 aromatic carbocycles. The Labute approximate surface area is 134 Å². The van der Waals surface area contributed by atoms with Crippen molar-refractivity contribution >= 4 is 6.29 Å². The van der Waals surface area contributed by atoms with Crippen LogP contribution in [0.15, 0.2) is 58.7 Å². The van der Waals surface area contributed by atoms with Gasteiger partial charge in [0.15, 0.2) is 0 Å². The van der Waals surface area contributed by atoms with Gasteiger partial charge in [-0.05, 0) is 62.7 Å². The number of allylic oxidation sites excluding steroid dienone is 10. The quantitative estimate of drug-likeness (QED) is 0.359. The van der Waals surface area contributed by atoms with E-state index in [1.54, 1.807) is 0 Å². The van der Waals surface area contributed by atoms with E-state index in [2.05, 4.69) is 0 Å². The van der Waals surface area contributed by atoms with Crippen molar-refractivity contribution < 1.29 is 8.91 Å². The normalized spacial score (nSPS) is 27.9. The first kappa shape index (κ1) is 13.1. The summed E-state index contributed by atoms with van der Waals surface area (Å²) in [6, 6.07) is 0. The number of rotatable bonds is 5. The van der Waals surface area contributed by atoms with E-state index in [4.69, 9.17) is 4.11 Å². The molecule has 0 aromatic rings. The van der Waals surface area contributed by atoms with Crippen molar-refractivity contribution in [2.45, 2.75) is 53.8 Å². The zero-order chi connectivity index (χ0) is 18.4. The van der Waals surface area contributed by atoms with Gasteiger partial charge >= 0.3 is 0 Å². The molecule has 0 amide bonds. The van der Waals surface area contributed by atoms with Crippen molar-refractivity contribution in [2.24, 2.45) is 5.41 Å². The van der Waals surface area contributed by atoms with Gasteiger partial charge in [-0.3, -0.25) is 4.79 Å². The van der Waals surface area contributed by atoms with Gasteiger partial charge in [-0.1, -0.05) is 55.3 Å². The van der Waals surface area contributed by atoms with Gasteiger partial charge in [-0.25, -0.2) is 0 Å². The molecule has 0 unspecified atom stereocenters. The molecular formula is C20H28O. The molecule has 1 heteroatoms. The zero-order valence-corrected chi connectivity index (χ0v) is 13.6. The predicted octanol–water partition coefficient (Wildman–Crippen LogP) is 5.72. The highest BCUT2D eigenvalue weighted by Gasteiger charge is 2.26. The highest BCUT2D eigenvalue weighted by atomic mass is 16.1. The van der Waals surface area contributed by atoms with Crippen LogP contribution in [0.1, 0.15) is 57.9 Å². The van der Waals surface area contributed by atoms with Gasteiger partial charge in [0.2, 0.25) is 0 Å². The zero-order valence-electron chi connectivity index (χ0n) is 16.6. The first-order valence-corrected chi connectivity index (χ1v) is 7.47. The fourth-order valence-corrected chi connectivity index (χ4v) is 2.56. The van der Waals surface area contributed by atoms with Gasteiger partial charge in [-0.15, -0.1) is 0 Å². The van der Waals surface area contributed by atoms with Crippen LogP contribution in [0, 0.1) is 5.41 Å². The molecule has 1 aliphatic carbocycles. The molecule has 0 radical (unpaired) electrons. The van der Waals surface area contributed by atoms with E-state index < -0.39 is 12.3 Å². The highest BCUT2D eigenvalue weighted by Crippen LogP contribution is 2.40. The molecule has 114 valence electrons. The third-order valence-corrected chi connectivity index (χ3v) is 3.84. The molecule has 0 heterocycles. The Balaban J connectivity index is 3.01. The standard InChI is InChI=1S/C20H28O/c1-16(8-6-9-17(2)13-15-21)11-12-19-18(3)10-7-14-20(19,4)5/h6,8-9,11-13,15H,7,10,14H2,1-5H3/b9-6+,12-11+,16-8+,17-13+/i4D3/t20-/m0/s1. The van der Waals surface area contributed by atoms with Gasteiger partial charge in [0.05, 0.1) is 0 Å². The molecule has 0 bridgehead atoms. The second-order valence-corrected chi connectivity index (χ2v) is 6.03. The van der Waals surface area contributed by atoms with Crippen LogP contribution in [0.2, 0.25) is 0 Å². The number of hydrogen-bond donors (Lipinski definition) is 0. The van der Waals surface area contributed by atoms with Crippen LogP contribution in [-0.4, -0.2) is 6.29 Å². The van der Waals surface area contributed by atoms with E-state index in [1.165, 1.54) is 11.6 Å². The molecule has 0 spiro atoms. The fraction of sp³-hybridized carbons (Fsp3) is 0.450. The van der Waals surface area contributed by atoms with Gasteiger partial charge in [-0.2, -0.15) is 0 Å². The summed E-state index contributed by atoms with van der Waals surface area (Å²) in [7, 11) is 0. The third-order valence-electron chi connectivity index (χ3n) is 3.84. The summed E-state index contributed by atoms with van der Waals surface area (Å²) < 4.78 is 23.8. The minimum Gasteiger partial charge on any atom is -0.299 e. The molecular weight excluding hydrogens is 256 g/mol. The second kappa shape index (κ2) is 7.97. The summed E-state index contributed by atoms with van der Waals surface area (Å²) >= 11 is 0. The van der Waals surface area contributed by atoms with Crippen molar-refractivity contribution in [2.75, 3.05) is 0 Å². The minimum absolute atomic E-state index is 0.693. The molecule has 1 nitrogen and oxygen atoms in total. The molecule has 1 atom stereocenters. The van der Waals surface area contributed by atoms with E-state index in [9.17, 15) is 4.79 Å². The Kier molecular flexibility index (Phi) is 4.96. The molecule has 0 aromatic heterocycles. The van der Waals surface area contributed by atoms with Gasteiger partial charge in [0.25, 0.3) is 0 Å². The summed E-state index contributed by atoms with van der Waals surface area (Å²) in [4.78, 5) is 10.4. The average molecular weight is 287 g/mol. The molecule has 1 aliphatic rings. The second-order valence-electron chi connectivity index (χ2n) is 6.03. The topological polar surface area (TPSA) is 17.1 Å². The van der Waals surface area contributed by atoms with Crippen molar-refractivity contribution in [3.8, 4) is 0 Å². The van der Waals surface area contributed by atoms with E-state index in [-0.39, 0.29) is 0 Å². The molecule has 21 heavy (non-hydrogen) atoms. The maximum absolute atomic E-state index is 10.4. The lowest BCUT2D eigenvalue weighted by atomic mass is 9.72. The Hall–Kier alpha value is -1.63. The summed E-state index contributed by atoms with van der Waals surface area (Å²) in [5.41, 5.74) is 3.26. The third kappa shape index (κ3) is 5.71. The summed E-state index contributed by atoms with van der Waals surface area (Å²) in [6.07, 6.45) is 14.5. The molecule has 1 rings (SSSR count). The Bertz CT molecular complexity index is 615. The van der Waals surface area contributed by atoms with E-state index in [0.717, 1.165) is 35.8 Å². The lowest BCUT2D eigenvalue weighted by molar-refractivity contribution is -0.104. The number of aldehydes is 1. The largest absolute Gasteiger partial charge is 0.299 e. The Morgan fingerprint density at radius 1 is 1.24 bits per heavy atom. The maximum Gasteiger partial charge on any atom is 0.143 e. The number of hydrogen-bond acceptors (Lipinski definition) is 1. The van der Waals surface area contributed by atoms with Crippen LogP contribution in [0.25, 0.3) is 0 Å². The van der Waals surface area contributed by atoms with Crippen molar-refractivity contribution in [1.82, 2.24) is 0 Å². The van der Waals surface area contributed by atoms with Gasteiger partial charge in [0.1, 0.15) is 6.29 Å². The number of carbonyl (C=O) groups is 1. The fourth-order valence-electron chi connectivity index (χ4n) is 2.56. The Morgan fingerprint density at radius 3 is 2.62 bits per heavy atom. The number of carbonyl (C=O) groups excluding carboxylic acids is 1. The highest BCUT2D eigenvalue weighted by molar-refractivity contribution is 5.66. The SMILES string of the molecule is [2H]C([2H])([2H])[C@]1(C)CCCC(C)=C1/C=C/C(C)=C/C=C/C(C)=C/C=O. The predicted molar refractivity (Wildman–Crippen MR) is 92.2 cm³/mol. The van der Waals surface area contributed by atoms with Crippen LogP contribution in [-0.2, 0) is 4.79 Å². The molecule has 0 aliphatic heterocycles.